The van der Waals surface area contributed by atoms with E-state index in [1.165, 1.54) is 25.3 Å². The summed E-state index contributed by atoms with van der Waals surface area (Å²) < 4.78 is 13.4. The molecular formula is C15H21ClFN. The second-order valence-corrected chi connectivity index (χ2v) is 5.60. The molecule has 1 fully saturated rings. The zero-order valence-electron chi connectivity index (χ0n) is 10.9. The van der Waals surface area contributed by atoms with Gasteiger partial charge in [-0.05, 0) is 62.2 Å². The highest BCUT2D eigenvalue weighted by atomic mass is 35.5. The van der Waals surface area contributed by atoms with E-state index < -0.39 is 0 Å². The highest BCUT2D eigenvalue weighted by molar-refractivity contribution is 6.31. The summed E-state index contributed by atoms with van der Waals surface area (Å²) in [4.78, 5) is 0. The van der Waals surface area contributed by atoms with Gasteiger partial charge in [-0.3, -0.25) is 0 Å². The summed E-state index contributed by atoms with van der Waals surface area (Å²) in [6, 6.07) is 5.12. The van der Waals surface area contributed by atoms with Crippen LogP contribution in [0.2, 0.25) is 5.02 Å². The zero-order valence-corrected chi connectivity index (χ0v) is 11.6. The fourth-order valence-corrected chi connectivity index (χ4v) is 2.83. The van der Waals surface area contributed by atoms with E-state index >= 15 is 0 Å². The van der Waals surface area contributed by atoms with Gasteiger partial charge in [0.15, 0.2) is 0 Å². The molecule has 0 spiro atoms. The Morgan fingerprint density at radius 3 is 2.78 bits per heavy atom. The van der Waals surface area contributed by atoms with Gasteiger partial charge >= 0.3 is 0 Å². The summed E-state index contributed by atoms with van der Waals surface area (Å²) in [6.07, 6.45) is 4.61. The summed E-state index contributed by atoms with van der Waals surface area (Å²) in [5.41, 5.74) is 0.960. The Morgan fingerprint density at radius 2 is 2.11 bits per heavy atom. The van der Waals surface area contributed by atoms with Crippen LogP contribution in [-0.4, -0.2) is 13.1 Å². The molecule has 1 N–H and O–H groups in total. The third-order valence-corrected chi connectivity index (χ3v) is 4.35. The molecule has 0 radical (unpaired) electrons. The second-order valence-electron chi connectivity index (χ2n) is 5.22. The molecule has 0 bridgehead atoms. The maximum Gasteiger partial charge on any atom is 0.142 e. The molecule has 18 heavy (non-hydrogen) atoms. The van der Waals surface area contributed by atoms with Crippen LogP contribution in [0.3, 0.4) is 0 Å². The first-order chi connectivity index (χ1) is 8.72. The van der Waals surface area contributed by atoms with Gasteiger partial charge in [0.2, 0.25) is 0 Å². The highest BCUT2D eigenvalue weighted by Crippen LogP contribution is 2.37. The summed E-state index contributed by atoms with van der Waals surface area (Å²) >= 11 is 6.00. The van der Waals surface area contributed by atoms with Crippen molar-refractivity contribution in [3.8, 4) is 0 Å². The van der Waals surface area contributed by atoms with E-state index in [2.05, 4.69) is 12.2 Å². The molecule has 2 atom stereocenters. The number of nitrogens with one attached hydrogen (secondary N) is 1. The average Bonchev–Trinajstić information content (AvgIpc) is 2.35. The number of hydrogen-bond donors (Lipinski definition) is 1. The summed E-state index contributed by atoms with van der Waals surface area (Å²) in [7, 11) is 0. The van der Waals surface area contributed by atoms with Crippen molar-refractivity contribution in [2.45, 2.75) is 32.6 Å². The predicted molar refractivity (Wildman–Crippen MR) is 74.5 cm³/mol. The van der Waals surface area contributed by atoms with Crippen LogP contribution in [0.25, 0.3) is 0 Å². The smallest absolute Gasteiger partial charge is 0.142 e. The van der Waals surface area contributed by atoms with Gasteiger partial charge in [0, 0.05) is 0 Å². The molecule has 3 heteroatoms. The van der Waals surface area contributed by atoms with Gasteiger partial charge in [-0.25, -0.2) is 4.39 Å². The van der Waals surface area contributed by atoms with Gasteiger partial charge in [-0.2, -0.15) is 0 Å². The molecule has 100 valence electrons. The summed E-state index contributed by atoms with van der Waals surface area (Å²) in [6.45, 7) is 4.35. The lowest BCUT2D eigenvalue weighted by molar-refractivity contribution is 0.171. The Hall–Kier alpha value is -0.600. The van der Waals surface area contributed by atoms with E-state index in [9.17, 15) is 4.39 Å². The van der Waals surface area contributed by atoms with Crippen LogP contribution in [0.1, 0.15) is 31.7 Å². The van der Waals surface area contributed by atoms with E-state index in [4.69, 9.17) is 11.6 Å². The lowest BCUT2D eigenvalue weighted by Crippen LogP contribution is -2.36. The van der Waals surface area contributed by atoms with E-state index in [0.29, 0.717) is 10.9 Å². The Balaban J connectivity index is 1.87. The lowest BCUT2D eigenvalue weighted by atomic mass is 9.70. The maximum atomic E-state index is 13.4. The Kier molecular flexibility index (Phi) is 5.02. The van der Waals surface area contributed by atoms with Gasteiger partial charge < -0.3 is 5.32 Å². The summed E-state index contributed by atoms with van der Waals surface area (Å²) in [5.74, 6) is 1.10. The predicted octanol–water partition coefficient (Wildman–Crippen LogP) is 4.05. The van der Waals surface area contributed by atoms with Crippen molar-refractivity contribution in [1.29, 1.82) is 0 Å². The quantitative estimate of drug-likeness (QED) is 0.769. The number of rotatable bonds is 6. The van der Waals surface area contributed by atoms with Crippen molar-refractivity contribution < 1.29 is 4.39 Å². The molecule has 1 aromatic carbocycles. The van der Waals surface area contributed by atoms with Crippen LogP contribution >= 0.6 is 11.6 Å². The fourth-order valence-electron chi connectivity index (χ4n) is 2.63. The highest BCUT2D eigenvalue weighted by Gasteiger charge is 2.30. The molecule has 1 nitrogen and oxygen atoms in total. The monoisotopic (exact) mass is 269 g/mol. The normalized spacial score (nSPS) is 22.8. The third-order valence-electron chi connectivity index (χ3n) is 3.92. The van der Waals surface area contributed by atoms with Gasteiger partial charge in [-0.1, -0.05) is 30.7 Å². The van der Waals surface area contributed by atoms with Crippen LogP contribution in [0, 0.1) is 17.7 Å². The standard InChI is InChI=1S/C15H21ClFN/c1-2-8-18-10-13-7-6-11(13)9-12-4-3-5-14(17)15(12)16/h3-5,11,13,18H,2,6-10H2,1H3. The van der Waals surface area contributed by atoms with Crippen molar-refractivity contribution in [3.63, 3.8) is 0 Å². The Morgan fingerprint density at radius 1 is 1.33 bits per heavy atom. The molecule has 1 aliphatic rings. The molecular weight excluding hydrogens is 249 g/mol. The molecule has 0 aromatic heterocycles. The number of benzene rings is 1. The number of halogens is 2. The van der Waals surface area contributed by atoms with E-state index in [1.54, 1.807) is 6.07 Å². The second kappa shape index (κ2) is 6.53. The lowest BCUT2D eigenvalue weighted by Gasteiger charge is -2.37. The Bertz CT molecular complexity index is 394. The third kappa shape index (κ3) is 3.24. The molecule has 1 saturated carbocycles. The van der Waals surface area contributed by atoms with Crippen LogP contribution in [0.15, 0.2) is 18.2 Å². The van der Waals surface area contributed by atoms with Gasteiger partial charge in [0.25, 0.3) is 0 Å². The van der Waals surface area contributed by atoms with Gasteiger partial charge in [-0.15, -0.1) is 0 Å². The Labute approximate surface area is 114 Å². The minimum Gasteiger partial charge on any atom is -0.316 e. The van der Waals surface area contributed by atoms with E-state index in [-0.39, 0.29) is 5.82 Å². The first-order valence-corrected chi connectivity index (χ1v) is 7.23. The molecule has 0 amide bonds. The maximum absolute atomic E-state index is 13.4. The SMILES string of the molecule is CCCNCC1CCC1Cc1cccc(F)c1Cl. The largest absolute Gasteiger partial charge is 0.316 e. The van der Waals surface area contributed by atoms with Crippen molar-refractivity contribution in [3.05, 3.63) is 34.6 Å². The number of hydrogen-bond acceptors (Lipinski definition) is 1. The molecule has 1 aromatic rings. The summed E-state index contributed by atoms with van der Waals surface area (Å²) in [5, 5.41) is 3.78. The fraction of sp³-hybridized carbons (Fsp3) is 0.600. The first-order valence-electron chi connectivity index (χ1n) is 6.86. The average molecular weight is 270 g/mol. The van der Waals surface area contributed by atoms with E-state index in [1.807, 2.05) is 6.07 Å². The molecule has 2 unspecified atom stereocenters. The molecule has 0 aliphatic heterocycles. The van der Waals surface area contributed by atoms with Crippen molar-refractivity contribution >= 4 is 11.6 Å². The molecule has 0 saturated heterocycles. The molecule has 0 heterocycles. The zero-order chi connectivity index (χ0) is 13.0. The first kappa shape index (κ1) is 13.8. The van der Waals surface area contributed by atoms with Gasteiger partial charge in [0.1, 0.15) is 5.82 Å². The van der Waals surface area contributed by atoms with Crippen LogP contribution in [0.5, 0.6) is 0 Å². The van der Waals surface area contributed by atoms with Crippen LogP contribution in [-0.2, 0) is 6.42 Å². The molecule has 2 rings (SSSR count). The van der Waals surface area contributed by atoms with Crippen LogP contribution in [0.4, 0.5) is 4.39 Å². The minimum absolute atomic E-state index is 0.297. The van der Waals surface area contributed by atoms with Crippen LogP contribution < -0.4 is 5.32 Å². The van der Waals surface area contributed by atoms with E-state index in [0.717, 1.165) is 31.0 Å². The van der Waals surface area contributed by atoms with Crippen molar-refractivity contribution in [2.75, 3.05) is 13.1 Å². The van der Waals surface area contributed by atoms with Crippen molar-refractivity contribution in [2.24, 2.45) is 11.8 Å². The van der Waals surface area contributed by atoms with Crippen molar-refractivity contribution in [1.82, 2.24) is 5.32 Å². The minimum atomic E-state index is -0.297. The topological polar surface area (TPSA) is 12.0 Å². The van der Waals surface area contributed by atoms with Gasteiger partial charge in [0.05, 0.1) is 5.02 Å². The molecule has 1 aliphatic carbocycles.